The maximum atomic E-state index is 10.3. The van der Waals surface area contributed by atoms with Crippen molar-refractivity contribution in [1.29, 1.82) is 0 Å². The number of rotatable bonds is 12. The SMILES string of the molecule is CCCCCCCCCCCCCC(=O)O.[Rh]. The second kappa shape index (κ2) is 16.1. The van der Waals surface area contributed by atoms with E-state index in [4.69, 9.17) is 5.11 Å². The summed E-state index contributed by atoms with van der Waals surface area (Å²) in [6, 6.07) is 0. The van der Waals surface area contributed by atoms with Gasteiger partial charge in [0.15, 0.2) is 0 Å². The third kappa shape index (κ3) is 18.6. The molecule has 0 bridgehead atoms. The monoisotopic (exact) mass is 331 g/mol. The van der Waals surface area contributed by atoms with Gasteiger partial charge in [0.05, 0.1) is 0 Å². The molecule has 105 valence electrons. The average Bonchev–Trinajstić information content (AvgIpc) is 2.25. The van der Waals surface area contributed by atoms with Gasteiger partial charge in [0, 0.05) is 25.9 Å². The number of unbranched alkanes of at least 4 members (excludes halogenated alkanes) is 10. The first kappa shape index (κ1) is 19.4. The van der Waals surface area contributed by atoms with Crippen LogP contribution in [0.1, 0.15) is 84.0 Å². The molecule has 0 heterocycles. The van der Waals surface area contributed by atoms with E-state index in [1.54, 1.807) is 0 Å². The Hall–Kier alpha value is 0.0934. The average molecular weight is 331 g/mol. The Morgan fingerprint density at radius 3 is 1.47 bits per heavy atom. The van der Waals surface area contributed by atoms with E-state index < -0.39 is 5.97 Å². The van der Waals surface area contributed by atoms with Crippen LogP contribution in [0.3, 0.4) is 0 Å². The third-order valence-electron chi connectivity index (χ3n) is 2.99. The summed E-state index contributed by atoms with van der Waals surface area (Å²) < 4.78 is 0. The smallest absolute Gasteiger partial charge is 0.303 e. The first-order valence-electron chi connectivity index (χ1n) is 6.99. The summed E-state index contributed by atoms with van der Waals surface area (Å²) in [6.07, 6.45) is 14.4. The van der Waals surface area contributed by atoms with Gasteiger partial charge >= 0.3 is 5.97 Å². The molecule has 0 aromatic heterocycles. The summed E-state index contributed by atoms with van der Waals surface area (Å²) in [5, 5.41) is 8.46. The molecule has 3 heteroatoms. The van der Waals surface area contributed by atoms with Gasteiger partial charge in [0.1, 0.15) is 0 Å². The fourth-order valence-corrected chi connectivity index (χ4v) is 1.94. The van der Waals surface area contributed by atoms with Gasteiger partial charge in [-0.05, 0) is 6.42 Å². The van der Waals surface area contributed by atoms with Crippen LogP contribution in [0, 0.1) is 0 Å². The molecule has 1 N–H and O–H groups in total. The van der Waals surface area contributed by atoms with Gasteiger partial charge in [-0.2, -0.15) is 0 Å². The Morgan fingerprint density at radius 2 is 1.12 bits per heavy atom. The van der Waals surface area contributed by atoms with E-state index in [1.165, 1.54) is 57.8 Å². The van der Waals surface area contributed by atoms with Gasteiger partial charge in [-0.3, -0.25) is 4.79 Å². The number of aliphatic carboxylic acids is 1. The van der Waals surface area contributed by atoms with Crippen LogP contribution in [0.5, 0.6) is 0 Å². The van der Waals surface area contributed by atoms with Crippen molar-refractivity contribution in [3.05, 3.63) is 0 Å². The van der Waals surface area contributed by atoms with E-state index in [0.717, 1.165) is 12.8 Å². The molecular formula is C14H28O2Rh. The molecule has 0 unspecified atom stereocenters. The first-order valence-corrected chi connectivity index (χ1v) is 6.99. The second-order valence-electron chi connectivity index (χ2n) is 4.68. The second-order valence-corrected chi connectivity index (χ2v) is 4.68. The molecule has 17 heavy (non-hydrogen) atoms. The number of hydrogen-bond donors (Lipinski definition) is 1. The molecule has 0 saturated carbocycles. The summed E-state index contributed by atoms with van der Waals surface area (Å²) in [4.78, 5) is 10.3. The van der Waals surface area contributed by atoms with Gasteiger partial charge in [-0.15, -0.1) is 0 Å². The van der Waals surface area contributed by atoms with Crippen molar-refractivity contribution in [1.82, 2.24) is 0 Å². The molecule has 0 aliphatic heterocycles. The van der Waals surface area contributed by atoms with Crippen LogP contribution in [-0.4, -0.2) is 11.1 Å². The molecule has 0 aromatic carbocycles. The van der Waals surface area contributed by atoms with Crippen LogP contribution in [-0.2, 0) is 24.3 Å². The van der Waals surface area contributed by atoms with Gasteiger partial charge in [-0.25, -0.2) is 0 Å². The molecular weight excluding hydrogens is 303 g/mol. The van der Waals surface area contributed by atoms with Gasteiger partial charge < -0.3 is 5.11 Å². The van der Waals surface area contributed by atoms with Crippen LogP contribution in [0.4, 0.5) is 0 Å². The zero-order valence-corrected chi connectivity index (χ0v) is 12.8. The van der Waals surface area contributed by atoms with Crippen molar-refractivity contribution < 1.29 is 29.4 Å². The topological polar surface area (TPSA) is 37.3 Å². The van der Waals surface area contributed by atoms with Crippen molar-refractivity contribution in [2.45, 2.75) is 84.0 Å². The molecule has 0 rings (SSSR count). The molecule has 1 radical (unpaired) electrons. The summed E-state index contributed by atoms with van der Waals surface area (Å²) in [5.74, 6) is -0.657. The van der Waals surface area contributed by atoms with Gasteiger partial charge in [-0.1, -0.05) is 71.1 Å². The molecule has 0 aliphatic carbocycles. The first-order chi connectivity index (χ1) is 7.77. The van der Waals surface area contributed by atoms with Crippen molar-refractivity contribution in [3.8, 4) is 0 Å². The standard InChI is InChI=1S/C14H28O2.Rh/c1-2-3-4-5-6-7-8-9-10-11-12-13-14(15)16;/h2-13H2,1H3,(H,15,16);. The molecule has 0 atom stereocenters. The van der Waals surface area contributed by atoms with E-state index in [0.29, 0.717) is 6.42 Å². The molecule has 2 nitrogen and oxygen atoms in total. The third-order valence-corrected chi connectivity index (χ3v) is 2.99. The van der Waals surface area contributed by atoms with E-state index in [2.05, 4.69) is 6.92 Å². The summed E-state index contributed by atoms with van der Waals surface area (Å²) in [7, 11) is 0. The van der Waals surface area contributed by atoms with Crippen LogP contribution < -0.4 is 0 Å². The Kier molecular flexibility index (Phi) is 18.4. The predicted octanol–water partition coefficient (Wildman–Crippen LogP) is 4.77. The Labute approximate surface area is 119 Å². The number of carboxylic acids is 1. The van der Waals surface area contributed by atoms with Crippen LogP contribution in [0.2, 0.25) is 0 Å². The van der Waals surface area contributed by atoms with Crippen LogP contribution >= 0.6 is 0 Å². The van der Waals surface area contributed by atoms with Crippen LogP contribution in [0.15, 0.2) is 0 Å². The van der Waals surface area contributed by atoms with Gasteiger partial charge in [0.2, 0.25) is 0 Å². The summed E-state index contributed by atoms with van der Waals surface area (Å²) >= 11 is 0. The van der Waals surface area contributed by atoms with Crippen molar-refractivity contribution in [3.63, 3.8) is 0 Å². The zero-order chi connectivity index (χ0) is 12.1. The molecule has 0 aliphatic rings. The minimum Gasteiger partial charge on any atom is -0.481 e. The zero-order valence-electron chi connectivity index (χ0n) is 11.2. The van der Waals surface area contributed by atoms with Crippen molar-refractivity contribution in [2.75, 3.05) is 0 Å². The van der Waals surface area contributed by atoms with E-state index in [1.807, 2.05) is 0 Å². The van der Waals surface area contributed by atoms with E-state index in [-0.39, 0.29) is 19.5 Å². The van der Waals surface area contributed by atoms with E-state index >= 15 is 0 Å². The Balaban J connectivity index is 0. The molecule has 0 aromatic rings. The normalized spacial score (nSPS) is 9.94. The van der Waals surface area contributed by atoms with Crippen molar-refractivity contribution >= 4 is 5.97 Å². The maximum Gasteiger partial charge on any atom is 0.303 e. The molecule has 0 saturated heterocycles. The minimum atomic E-state index is -0.657. The van der Waals surface area contributed by atoms with Crippen LogP contribution in [0.25, 0.3) is 0 Å². The maximum absolute atomic E-state index is 10.3. The predicted molar refractivity (Wildman–Crippen MR) is 68.7 cm³/mol. The molecule has 0 fully saturated rings. The fourth-order valence-electron chi connectivity index (χ4n) is 1.94. The quantitative estimate of drug-likeness (QED) is 0.413. The fraction of sp³-hybridized carbons (Fsp3) is 0.929. The van der Waals surface area contributed by atoms with Gasteiger partial charge in [0.25, 0.3) is 0 Å². The largest absolute Gasteiger partial charge is 0.481 e. The molecule has 0 amide bonds. The summed E-state index contributed by atoms with van der Waals surface area (Å²) in [6.45, 7) is 2.25. The Bertz CT molecular complexity index is 160. The number of hydrogen-bond acceptors (Lipinski definition) is 1. The number of carbonyl (C=O) groups is 1. The van der Waals surface area contributed by atoms with Crippen molar-refractivity contribution in [2.24, 2.45) is 0 Å². The Morgan fingerprint density at radius 1 is 0.765 bits per heavy atom. The summed E-state index contributed by atoms with van der Waals surface area (Å²) in [5.41, 5.74) is 0. The van der Waals surface area contributed by atoms with E-state index in [9.17, 15) is 4.79 Å². The number of carboxylic acid groups (broad SMARTS) is 1. The molecule has 0 spiro atoms. The minimum absolute atomic E-state index is 0.